The highest BCUT2D eigenvalue weighted by molar-refractivity contribution is 7.94. The fourth-order valence-corrected chi connectivity index (χ4v) is 3.06. The highest BCUT2D eigenvalue weighted by Gasteiger charge is 2.29. The second kappa shape index (κ2) is 6.18. The zero-order chi connectivity index (χ0) is 16.4. The molecule has 0 aliphatic rings. The minimum absolute atomic E-state index is 0.0527. The van der Waals surface area contributed by atoms with Crippen molar-refractivity contribution in [1.29, 1.82) is 0 Å². The molecule has 0 heterocycles. The first-order valence-electron chi connectivity index (χ1n) is 5.41. The van der Waals surface area contributed by atoms with E-state index in [1.54, 1.807) is 0 Å². The summed E-state index contributed by atoms with van der Waals surface area (Å²) in [6, 6.07) is 3.25. The number of ether oxygens (including phenoxy) is 1. The summed E-state index contributed by atoms with van der Waals surface area (Å²) in [7, 11) is -7.13. The number of methoxy groups -OCH3 is 1. The molecule has 1 aromatic rings. The molecule has 11 heteroatoms. The quantitative estimate of drug-likeness (QED) is 0.728. The summed E-state index contributed by atoms with van der Waals surface area (Å²) in [6.07, 6.45) is 0. The van der Waals surface area contributed by atoms with Crippen LogP contribution in [-0.4, -0.2) is 35.2 Å². The smallest absolute Gasteiger partial charge is 0.325 e. The minimum Gasteiger partial charge on any atom is -0.468 e. The summed E-state index contributed by atoms with van der Waals surface area (Å²) in [5, 5.41) is 3.39. The molecule has 0 amide bonds. The van der Waals surface area contributed by atoms with Gasteiger partial charge in [-0.05, 0) is 25.1 Å². The average molecular weight is 357 g/mol. The van der Waals surface area contributed by atoms with E-state index in [4.69, 9.17) is 16.7 Å². The van der Waals surface area contributed by atoms with E-state index >= 15 is 0 Å². The van der Waals surface area contributed by atoms with Crippen LogP contribution in [0.4, 0.5) is 5.69 Å². The van der Waals surface area contributed by atoms with Crippen molar-refractivity contribution in [3.05, 3.63) is 23.2 Å². The van der Waals surface area contributed by atoms with Crippen LogP contribution in [0.2, 0.25) is 5.02 Å². The van der Waals surface area contributed by atoms with Gasteiger partial charge in [0.1, 0.15) is 0 Å². The number of esters is 1. The molecule has 0 radical (unpaired) electrons. The lowest BCUT2D eigenvalue weighted by Gasteiger charge is -2.14. The van der Waals surface area contributed by atoms with Gasteiger partial charge in [0, 0.05) is 0 Å². The fourth-order valence-electron chi connectivity index (χ4n) is 1.29. The van der Waals surface area contributed by atoms with Gasteiger partial charge in [-0.1, -0.05) is 11.6 Å². The van der Waals surface area contributed by atoms with Crippen LogP contribution in [0.1, 0.15) is 6.92 Å². The van der Waals surface area contributed by atoms with Gasteiger partial charge in [-0.2, -0.15) is 0 Å². The summed E-state index contributed by atoms with van der Waals surface area (Å²) in [5.41, 5.74) is -0.209. The fraction of sp³-hybridized carbons (Fsp3) is 0.300. The van der Waals surface area contributed by atoms with Gasteiger partial charge in [-0.3, -0.25) is 9.52 Å². The normalized spacial score (nSPS) is 13.5. The Labute approximate surface area is 127 Å². The highest BCUT2D eigenvalue weighted by atomic mass is 35.5. The first-order valence-corrected chi connectivity index (χ1v) is 8.88. The van der Waals surface area contributed by atoms with Gasteiger partial charge in [0.15, 0.2) is 5.25 Å². The molecule has 21 heavy (non-hydrogen) atoms. The van der Waals surface area contributed by atoms with Crippen LogP contribution in [0.5, 0.6) is 0 Å². The molecule has 1 aromatic carbocycles. The van der Waals surface area contributed by atoms with Crippen molar-refractivity contribution in [3.63, 3.8) is 0 Å². The van der Waals surface area contributed by atoms with Crippen molar-refractivity contribution in [2.45, 2.75) is 17.1 Å². The van der Waals surface area contributed by atoms with Gasteiger partial charge in [0.2, 0.25) is 20.0 Å². The van der Waals surface area contributed by atoms with Crippen LogP contribution in [-0.2, 0) is 29.6 Å². The highest BCUT2D eigenvalue weighted by Crippen LogP contribution is 2.26. The lowest BCUT2D eigenvalue weighted by Crippen LogP contribution is -2.33. The van der Waals surface area contributed by atoms with Gasteiger partial charge in [-0.25, -0.2) is 22.0 Å². The maximum absolute atomic E-state index is 12.0. The number of carbonyl (C=O) groups is 1. The molecule has 0 aromatic heterocycles. The zero-order valence-corrected chi connectivity index (χ0v) is 13.4. The number of carbonyl (C=O) groups excluding carboxylic acids is 1. The molecule has 0 aliphatic carbocycles. The van der Waals surface area contributed by atoms with Crippen molar-refractivity contribution in [3.8, 4) is 0 Å². The molecular formula is C10H13ClN2O6S2. The Bertz CT molecular complexity index is 760. The minimum atomic E-state index is -4.15. The Morgan fingerprint density at radius 1 is 1.33 bits per heavy atom. The first kappa shape index (κ1) is 17.7. The summed E-state index contributed by atoms with van der Waals surface area (Å²) >= 11 is 5.79. The maximum Gasteiger partial charge on any atom is 0.325 e. The topological polar surface area (TPSA) is 133 Å². The Hall–Kier alpha value is -1.36. The first-order chi connectivity index (χ1) is 9.49. The van der Waals surface area contributed by atoms with Crippen molar-refractivity contribution in [1.82, 2.24) is 0 Å². The van der Waals surface area contributed by atoms with Crippen LogP contribution in [0.3, 0.4) is 0 Å². The third kappa shape index (κ3) is 4.30. The molecule has 0 aliphatic heterocycles. The molecule has 0 saturated carbocycles. The molecule has 0 spiro atoms. The van der Waals surface area contributed by atoms with Crippen molar-refractivity contribution >= 4 is 43.3 Å². The van der Waals surface area contributed by atoms with Crippen molar-refractivity contribution in [2.75, 3.05) is 11.8 Å². The maximum atomic E-state index is 12.0. The Kier molecular flexibility index (Phi) is 5.20. The number of rotatable bonds is 5. The van der Waals surface area contributed by atoms with E-state index in [0.717, 1.165) is 26.2 Å². The van der Waals surface area contributed by atoms with Crippen LogP contribution in [0.15, 0.2) is 23.1 Å². The van der Waals surface area contributed by atoms with Gasteiger partial charge in [0.25, 0.3) is 0 Å². The summed E-state index contributed by atoms with van der Waals surface area (Å²) in [5.74, 6) is -0.971. The lowest BCUT2D eigenvalue weighted by atomic mass is 10.3. The van der Waals surface area contributed by atoms with E-state index in [1.165, 1.54) is 6.07 Å². The van der Waals surface area contributed by atoms with Crippen molar-refractivity contribution < 1.29 is 26.4 Å². The van der Waals surface area contributed by atoms with Crippen LogP contribution >= 0.6 is 11.6 Å². The van der Waals surface area contributed by atoms with E-state index in [-0.39, 0.29) is 15.6 Å². The molecular weight excluding hydrogens is 344 g/mol. The number of sulfonamides is 2. The molecule has 3 N–H and O–H groups in total. The molecule has 1 unspecified atom stereocenters. The third-order valence-electron chi connectivity index (χ3n) is 2.52. The number of halogens is 1. The number of nitrogens with one attached hydrogen (secondary N) is 1. The molecule has 0 fully saturated rings. The van der Waals surface area contributed by atoms with Gasteiger partial charge < -0.3 is 4.74 Å². The standard InChI is InChI=1S/C10H13ClN2O6S2/c1-6(10(14)19-2)21(17,18)13-9-5-7(20(12,15)16)3-4-8(9)11/h3-6,13H,1-2H3,(H2,12,15,16). The molecule has 0 saturated heterocycles. The van der Waals surface area contributed by atoms with Gasteiger partial charge >= 0.3 is 5.97 Å². The predicted molar refractivity (Wildman–Crippen MR) is 76.8 cm³/mol. The molecule has 1 atom stereocenters. The van der Waals surface area contributed by atoms with E-state index in [9.17, 15) is 21.6 Å². The predicted octanol–water partition coefficient (Wildman–Crippen LogP) is 0.291. The Morgan fingerprint density at radius 3 is 2.38 bits per heavy atom. The van der Waals surface area contributed by atoms with Crippen LogP contribution < -0.4 is 9.86 Å². The third-order valence-corrected chi connectivity index (χ3v) is 5.39. The number of hydrogen-bond donors (Lipinski definition) is 2. The Balaban J connectivity index is 3.22. The number of anilines is 1. The number of hydrogen-bond acceptors (Lipinski definition) is 6. The van der Waals surface area contributed by atoms with Crippen molar-refractivity contribution in [2.24, 2.45) is 5.14 Å². The largest absolute Gasteiger partial charge is 0.468 e. The summed E-state index contributed by atoms with van der Waals surface area (Å²) in [4.78, 5) is 10.9. The van der Waals surface area contributed by atoms with E-state index < -0.39 is 31.3 Å². The molecule has 8 nitrogen and oxygen atoms in total. The SMILES string of the molecule is COC(=O)C(C)S(=O)(=O)Nc1cc(S(N)(=O)=O)ccc1Cl. The van der Waals surface area contributed by atoms with E-state index in [2.05, 4.69) is 4.74 Å². The van der Waals surface area contributed by atoms with Crippen LogP contribution in [0.25, 0.3) is 0 Å². The average Bonchev–Trinajstić information content (AvgIpc) is 2.37. The van der Waals surface area contributed by atoms with Gasteiger partial charge in [0.05, 0.1) is 22.7 Å². The van der Waals surface area contributed by atoms with E-state index in [0.29, 0.717) is 0 Å². The van der Waals surface area contributed by atoms with Gasteiger partial charge in [-0.15, -0.1) is 0 Å². The second-order valence-electron chi connectivity index (χ2n) is 4.00. The number of nitrogens with two attached hydrogens (primary N) is 1. The Morgan fingerprint density at radius 2 is 1.90 bits per heavy atom. The van der Waals surface area contributed by atoms with E-state index in [1.807, 2.05) is 4.72 Å². The summed E-state index contributed by atoms with van der Waals surface area (Å²) < 4.78 is 52.8. The molecule has 118 valence electrons. The monoisotopic (exact) mass is 356 g/mol. The second-order valence-corrected chi connectivity index (χ2v) is 7.97. The number of primary sulfonamides is 1. The molecule has 0 bridgehead atoms. The van der Waals surface area contributed by atoms with Crippen LogP contribution in [0, 0.1) is 0 Å². The lowest BCUT2D eigenvalue weighted by molar-refractivity contribution is -0.139. The molecule has 1 rings (SSSR count). The number of benzene rings is 1. The zero-order valence-electron chi connectivity index (χ0n) is 11.0. The summed E-state index contributed by atoms with van der Waals surface area (Å²) in [6.45, 7) is 1.12.